The van der Waals surface area contributed by atoms with Gasteiger partial charge in [-0.1, -0.05) is 0 Å². The minimum absolute atomic E-state index is 0.463. The normalized spacial score (nSPS) is 10.7. The first-order valence-corrected chi connectivity index (χ1v) is 4.72. The van der Waals surface area contributed by atoms with Crippen molar-refractivity contribution in [1.29, 1.82) is 0 Å². The van der Waals surface area contributed by atoms with Crippen LogP contribution in [0, 0.1) is 10.5 Å². The molecule has 5 nitrogen and oxygen atoms in total. The van der Waals surface area contributed by atoms with Crippen molar-refractivity contribution in [3.8, 4) is 6.01 Å². The molecule has 13 heavy (non-hydrogen) atoms. The first-order valence-electron chi connectivity index (χ1n) is 3.64. The van der Waals surface area contributed by atoms with Gasteiger partial charge in [0.1, 0.15) is 5.82 Å². The van der Waals surface area contributed by atoms with Crippen molar-refractivity contribution in [3.63, 3.8) is 0 Å². The third-order valence-electron chi connectivity index (χ3n) is 1.59. The lowest BCUT2D eigenvalue weighted by molar-refractivity contribution is 0.364. The summed E-state index contributed by atoms with van der Waals surface area (Å²) in [5.74, 6) is 0.683. The van der Waals surface area contributed by atoms with Gasteiger partial charge in [-0.3, -0.25) is 0 Å². The average molecular weight is 290 g/mol. The molecule has 6 heteroatoms. The molecule has 0 aliphatic heterocycles. The molecule has 0 atom stereocenters. The lowest BCUT2D eigenvalue weighted by Crippen LogP contribution is -2.02. The molecule has 0 N–H and O–H groups in total. The van der Waals surface area contributed by atoms with Crippen molar-refractivity contribution in [2.75, 3.05) is 7.11 Å². The van der Waals surface area contributed by atoms with Crippen LogP contribution in [0.5, 0.6) is 6.01 Å². The van der Waals surface area contributed by atoms with Gasteiger partial charge in [0.15, 0.2) is 5.65 Å². The third kappa shape index (κ3) is 1.34. The molecule has 0 aliphatic rings. The third-order valence-corrected chi connectivity index (χ3v) is 2.35. The number of rotatable bonds is 1. The quantitative estimate of drug-likeness (QED) is 0.737. The summed E-state index contributed by atoms with van der Waals surface area (Å²) in [5, 5.41) is 4.09. The van der Waals surface area contributed by atoms with Crippen LogP contribution in [0.25, 0.3) is 5.65 Å². The Labute approximate surface area is 88.3 Å². The van der Waals surface area contributed by atoms with E-state index < -0.39 is 0 Å². The monoisotopic (exact) mass is 290 g/mol. The lowest BCUT2D eigenvalue weighted by Gasteiger charge is -2.01. The van der Waals surface area contributed by atoms with E-state index in [1.54, 1.807) is 17.8 Å². The number of halogens is 1. The summed E-state index contributed by atoms with van der Waals surface area (Å²) in [5.41, 5.74) is 0.782. The fourth-order valence-electron chi connectivity index (χ4n) is 1.06. The Hall–Kier alpha value is -0.920. The fourth-order valence-corrected chi connectivity index (χ4v) is 1.53. The molecule has 2 rings (SSSR count). The summed E-state index contributed by atoms with van der Waals surface area (Å²) < 4.78 is 7.63. The molecule has 0 amide bonds. The smallest absolute Gasteiger partial charge is 0.321 e. The van der Waals surface area contributed by atoms with E-state index in [0.717, 1.165) is 9.22 Å². The maximum atomic E-state index is 5.07. The van der Waals surface area contributed by atoms with E-state index in [1.165, 1.54) is 0 Å². The van der Waals surface area contributed by atoms with Gasteiger partial charge in [-0.15, -0.1) is 0 Å². The first kappa shape index (κ1) is 8.67. The number of ether oxygens (including phenoxy) is 1. The van der Waals surface area contributed by atoms with E-state index in [9.17, 15) is 0 Å². The molecule has 0 unspecified atom stereocenters. The number of hydrogen-bond donors (Lipinski definition) is 0. The highest BCUT2D eigenvalue weighted by molar-refractivity contribution is 14.1. The van der Waals surface area contributed by atoms with E-state index >= 15 is 0 Å². The zero-order valence-corrected chi connectivity index (χ0v) is 9.31. The van der Waals surface area contributed by atoms with Crippen LogP contribution in [0.4, 0.5) is 0 Å². The number of methoxy groups -OCH3 is 1. The Bertz CT molecular complexity index is 453. The minimum Gasteiger partial charge on any atom is -0.467 e. The van der Waals surface area contributed by atoms with E-state index in [4.69, 9.17) is 4.74 Å². The van der Waals surface area contributed by atoms with Crippen molar-refractivity contribution in [1.82, 2.24) is 19.6 Å². The topological polar surface area (TPSA) is 52.3 Å². The van der Waals surface area contributed by atoms with E-state index in [0.29, 0.717) is 11.8 Å². The number of hydrogen-bond acceptors (Lipinski definition) is 4. The Morgan fingerprint density at radius 1 is 1.46 bits per heavy atom. The summed E-state index contributed by atoms with van der Waals surface area (Å²) in [6, 6.07) is 0.463. The highest BCUT2D eigenvalue weighted by atomic mass is 127. The highest BCUT2D eigenvalue weighted by Crippen LogP contribution is 2.15. The SMILES string of the molecule is COc1nc(C)nc2c(I)cnn12. The molecule has 68 valence electrons. The molecule has 0 bridgehead atoms. The summed E-state index contributed by atoms with van der Waals surface area (Å²) in [7, 11) is 1.57. The van der Waals surface area contributed by atoms with Crippen LogP contribution in [0.1, 0.15) is 5.82 Å². The van der Waals surface area contributed by atoms with Gasteiger partial charge in [-0.05, 0) is 29.5 Å². The van der Waals surface area contributed by atoms with Gasteiger partial charge in [0, 0.05) is 0 Å². The molecule has 0 saturated carbocycles. The Balaban J connectivity index is 2.84. The summed E-state index contributed by atoms with van der Waals surface area (Å²) >= 11 is 2.17. The molecular weight excluding hydrogens is 283 g/mol. The molecule has 0 saturated heterocycles. The Kier molecular flexibility index (Phi) is 2.06. The highest BCUT2D eigenvalue weighted by Gasteiger charge is 2.09. The largest absolute Gasteiger partial charge is 0.467 e. The van der Waals surface area contributed by atoms with Gasteiger partial charge in [0.05, 0.1) is 16.9 Å². The summed E-state index contributed by atoms with van der Waals surface area (Å²) in [6.45, 7) is 1.82. The van der Waals surface area contributed by atoms with Gasteiger partial charge >= 0.3 is 6.01 Å². The predicted molar refractivity (Wildman–Crippen MR) is 54.8 cm³/mol. The second kappa shape index (κ2) is 3.09. The second-order valence-corrected chi connectivity index (χ2v) is 3.65. The molecule has 0 aliphatic carbocycles. The zero-order valence-electron chi connectivity index (χ0n) is 7.15. The van der Waals surface area contributed by atoms with Crippen LogP contribution in [-0.2, 0) is 0 Å². The first-order chi connectivity index (χ1) is 6.22. The van der Waals surface area contributed by atoms with E-state index in [-0.39, 0.29) is 0 Å². The molecular formula is C7H7IN4O. The van der Waals surface area contributed by atoms with Crippen molar-refractivity contribution < 1.29 is 4.74 Å². The van der Waals surface area contributed by atoms with Crippen molar-refractivity contribution >= 4 is 28.2 Å². The number of nitrogens with zero attached hydrogens (tertiary/aromatic N) is 4. The van der Waals surface area contributed by atoms with Gasteiger partial charge < -0.3 is 4.74 Å². The number of aromatic nitrogens is 4. The molecule has 0 spiro atoms. The standard InChI is InChI=1S/C7H7IN4O/c1-4-10-6-5(8)3-9-12(6)7(11-4)13-2/h3H,1-2H3. The maximum Gasteiger partial charge on any atom is 0.321 e. The Morgan fingerprint density at radius 3 is 2.92 bits per heavy atom. The van der Waals surface area contributed by atoms with Crippen LogP contribution >= 0.6 is 22.6 Å². The average Bonchev–Trinajstić information content (AvgIpc) is 2.47. The lowest BCUT2D eigenvalue weighted by atomic mass is 10.6. The van der Waals surface area contributed by atoms with Gasteiger partial charge in [-0.2, -0.15) is 14.6 Å². The van der Waals surface area contributed by atoms with Crippen molar-refractivity contribution in [3.05, 3.63) is 15.6 Å². The van der Waals surface area contributed by atoms with Crippen molar-refractivity contribution in [2.45, 2.75) is 6.92 Å². The predicted octanol–water partition coefficient (Wildman–Crippen LogP) is 1.05. The summed E-state index contributed by atoms with van der Waals surface area (Å²) in [6.07, 6.45) is 1.73. The maximum absolute atomic E-state index is 5.07. The molecule has 2 heterocycles. The van der Waals surface area contributed by atoms with Crippen LogP contribution in [0.15, 0.2) is 6.20 Å². The van der Waals surface area contributed by atoms with Gasteiger partial charge in [-0.25, -0.2) is 4.98 Å². The zero-order chi connectivity index (χ0) is 9.42. The number of aryl methyl sites for hydroxylation is 1. The minimum atomic E-state index is 0.463. The summed E-state index contributed by atoms with van der Waals surface area (Å²) in [4.78, 5) is 8.34. The molecule has 2 aromatic rings. The number of fused-ring (bicyclic) bond motifs is 1. The second-order valence-electron chi connectivity index (χ2n) is 2.49. The molecule has 2 aromatic heterocycles. The van der Waals surface area contributed by atoms with E-state index in [1.807, 2.05) is 6.92 Å². The van der Waals surface area contributed by atoms with Gasteiger partial charge in [0.2, 0.25) is 0 Å². The van der Waals surface area contributed by atoms with Crippen molar-refractivity contribution in [2.24, 2.45) is 0 Å². The fraction of sp³-hybridized carbons (Fsp3) is 0.286. The van der Waals surface area contributed by atoms with Crippen LogP contribution in [-0.4, -0.2) is 26.7 Å². The van der Waals surface area contributed by atoms with E-state index in [2.05, 4.69) is 37.7 Å². The molecule has 0 fully saturated rings. The van der Waals surface area contributed by atoms with Crippen LogP contribution in [0.2, 0.25) is 0 Å². The molecule has 0 radical (unpaired) electrons. The van der Waals surface area contributed by atoms with Gasteiger partial charge in [0.25, 0.3) is 0 Å². The van der Waals surface area contributed by atoms with Crippen LogP contribution in [0.3, 0.4) is 0 Å². The molecule has 0 aromatic carbocycles. The Morgan fingerprint density at radius 2 is 2.23 bits per heavy atom. The van der Waals surface area contributed by atoms with Crippen LogP contribution < -0.4 is 4.74 Å².